The van der Waals surface area contributed by atoms with E-state index >= 15 is 0 Å². The molecule has 1 aliphatic rings. The lowest BCUT2D eigenvalue weighted by atomic mass is 10.1. The van der Waals surface area contributed by atoms with Crippen molar-refractivity contribution < 1.29 is 23.8 Å². The van der Waals surface area contributed by atoms with Crippen LogP contribution in [0.3, 0.4) is 0 Å². The van der Waals surface area contributed by atoms with Gasteiger partial charge in [0.25, 0.3) is 0 Å². The molecule has 1 aromatic carbocycles. The van der Waals surface area contributed by atoms with E-state index in [1.54, 1.807) is 16.8 Å². The minimum absolute atomic E-state index is 0.0600. The second-order valence-electron chi connectivity index (χ2n) is 6.95. The summed E-state index contributed by atoms with van der Waals surface area (Å²) in [4.78, 5) is 26.8. The van der Waals surface area contributed by atoms with Crippen LogP contribution in [0.5, 0.6) is 0 Å². The van der Waals surface area contributed by atoms with Crippen molar-refractivity contribution in [1.29, 1.82) is 0 Å². The topological polar surface area (TPSA) is 95.3 Å². The van der Waals surface area contributed by atoms with E-state index in [1.165, 1.54) is 0 Å². The molecule has 3 rings (SSSR count). The molecule has 1 saturated heterocycles. The third kappa shape index (κ3) is 4.58. The number of ether oxygens (including phenoxy) is 1. The van der Waals surface area contributed by atoms with Crippen molar-refractivity contribution >= 4 is 28.7 Å². The molecule has 1 fully saturated rings. The third-order valence-electron chi connectivity index (χ3n) is 4.77. The summed E-state index contributed by atoms with van der Waals surface area (Å²) in [5.41, 5.74) is 2.58. The number of fused-ring (bicyclic) bond motifs is 1. The Hall–Kier alpha value is -2.58. The number of urea groups is 1. The van der Waals surface area contributed by atoms with Crippen molar-refractivity contribution in [3.8, 4) is 0 Å². The van der Waals surface area contributed by atoms with E-state index in [0.717, 1.165) is 22.3 Å². The number of anilines is 1. The van der Waals surface area contributed by atoms with Gasteiger partial charge < -0.3 is 24.5 Å². The molecule has 2 aromatic rings. The van der Waals surface area contributed by atoms with Crippen LogP contribution in [0, 0.1) is 13.8 Å². The van der Waals surface area contributed by atoms with Crippen molar-refractivity contribution in [2.24, 2.45) is 0 Å². The van der Waals surface area contributed by atoms with Crippen LogP contribution in [0.4, 0.5) is 10.5 Å². The smallest absolute Gasteiger partial charge is 0.322 e. The van der Waals surface area contributed by atoms with Gasteiger partial charge in [-0.15, -0.1) is 0 Å². The number of carboxylic acids is 1. The number of benzene rings is 1. The number of carbonyl (C=O) groups excluding carboxylic acids is 1. The standard InChI is InChI=1S/C19H25N3O5/c1-12-13(2)27-17-5-4-14(8-16(12)17)20-19(25)22-6-7-26-15(10-22)9-21(3)11-18(23)24/h4-5,8,15H,6-7,9-11H2,1-3H3,(H,20,25)(H,23,24). The summed E-state index contributed by atoms with van der Waals surface area (Å²) in [6, 6.07) is 5.40. The van der Waals surface area contributed by atoms with Crippen LogP contribution >= 0.6 is 0 Å². The van der Waals surface area contributed by atoms with Crippen LogP contribution in [-0.2, 0) is 9.53 Å². The molecule has 27 heavy (non-hydrogen) atoms. The quantitative estimate of drug-likeness (QED) is 0.833. The van der Waals surface area contributed by atoms with Gasteiger partial charge in [0.15, 0.2) is 0 Å². The van der Waals surface area contributed by atoms with Gasteiger partial charge in [0.1, 0.15) is 11.3 Å². The molecule has 8 heteroatoms. The van der Waals surface area contributed by atoms with Crippen LogP contribution in [0.1, 0.15) is 11.3 Å². The predicted molar refractivity (Wildman–Crippen MR) is 101 cm³/mol. The van der Waals surface area contributed by atoms with Crippen molar-refractivity contribution in [2.75, 3.05) is 45.2 Å². The number of morpholine rings is 1. The van der Waals surface area contributed by atoms with Gasteiger partial charge in [0.05, 0.1) is 19.3 Å². The molecular weight excluding hydrogens is 350 g/mol. The minimum Gasteiger partial charge on any atom is -0.480 e. The van der Waals surface area contributed by atoms with Gasteiger partial charge in [0, 0.05) is 30.7 Å². The zero-order valence-corrected chi connectivity index (χ0v) is 15.8. The second-order valence-corrected chi connectivity index (χ2v) is 6.95. The fraction of sp³-hybridized carbons (Fsp3) is 0.474. The lowest BCUT2D eigenvalue weighted by Crippen LogP contribution is -2.50. The Morgan fingerprint density at radius 2 is 2.15 bits per heavy atom. The number of aryl methyl sites for hydroxylation is 2. The zero-order valence-electron chi connectivity index (χ0n) is 15.8. The molecule has 0 spiro atoms. The number of hydrogen-bond acceptors (Lipinski definition) is 5. The summed E-state index contributed by atoms with van der Waals surface area (Å²) in [5.74, 6) is -0.0157. The number of hydrogen-bond donors (Lipinski definition) is 2. The lowest BCUT2D eigenvalue weighted by molar-refractivity contribution is -0.138. The van der Waals surface area contributed by atoms with Gasteiger partial charge in [-0.1, -0.05) is 0 Å². The van der Waals surface area contributed by atoms with Gasteiger partial charge in [-0.25, -0.2) is 4.79 Å². The largest absolute Gasteiger partial charge is 0.480 e. The fourth-order valence-corrected chi connectivity index (χ4v) is 3.28. The Balaban J connectivity index is 1.62. The van der Waals surface area contributed by atoms with E-state index in [2.05, 4.69) is 5.32 Å². The highest BCUT2D eigenvalue weighted by Crippen LogP contribution is 2.27. The van der Waals surface area contributed by atoms with E-state index < -0.39 is 5.97 Å². The van der Waals surface area contributed by atoms with E-state index in [4.69, 9.17) is 14.3 Å². The summed E-state index contributed by atoms with van der Waals surface area (Å²) >= 11 is 0. The summed E-state index contributed by atoms with van der Waals surface area (Å²) in [7, 11) is 1.72. The van der Waals surface area contributed by atoms with Crippen LogP contribution in [0.25, 0.3) is 11.0 Å². The number of rotatable bonds is 5. The summed E-state index contributed by atoms with van der Waals surface area (Å²) in [5, 5.41) is 12.8. The molecular formula is C19H25N3O5. The number of nitrogens with zero attached hydrogens (tertiary/aromatic N) is 2. The van der Waals surface area contributed by atoms with Crippen LogP contribution in [-0.4, -0.2) is 72.8 Å². The zero-order chi connectivity index (χ0) is 19.6. The van der Waals surface area contributed by atoms with Crippen molar-refractivity contribution in [3.63, 3.8) is 0 Å². The highest BCUT2D eigenvalue weighted by atomic mass is 16.5. The first-order chi connectivity index (χ1) is 12.8. The number of carboxylic acid groups (broad SMARTS) is 1. The Bertz CT molecular complexity index is 847. The molecule has 0 saturated carbocycles. The second kappa shape index (κ2) is 7.98. The molecule has 0 aliphatic carbocycles. The monoisotopic (exact) mass is 375 g/mol. The summed E-state index contributed by atoms with van der Waals surface area (Å²) in [6.45, 7) is 5.65. The molecule has 0 bridgehead atoms. The molecule has 2 amide bonds. The van der Waals surface area contributed by atoms with E-state index in [-0.39, 0.29) is 18.7 Å². The maximum atomic E-state index is 12.6. The van der Waals surface area contributed by atoms with E-state index in [9.17, 15) is 9.59 Å². The van der Waals surface area contributed by atoms with Gasteiger partial charge in [-0.3, -0.25) is 9.69 Å². The fourth-order valence-electron chi connectivity index (χ4n) is 3.28. The molecule has 1 atom stereocenters. The number of furan rings is 1. The molecule has 8 nitrogen and oxygen atoms in total. The van der Waals surface area contributed by atoms with Gasteiger partial charge >= 0.3 is 12.0 Å². The first-order valence-electron chi connectivity index (χ1n) is 8.91. The minimum atomic E-state index is -0.886. The van der Waals surface area contributed by atoms with Crippen molar-refractivity contribution in [1.82, 2.24) is 9.80 Å². The van der Waals surface area contributed by atoms with E-state index in [0.29, 0.717) is 31.9 Å². The molecule has 146 valence electrons. The first-order valence-corrected chi connectivity index (χ1v) is 8.91. The van der Waals surface area contributed by atoms with Crippen LogP contribution in [0.15, 0.2) is 22.6 Å². The SMILES string of the molecule is Cc1oc2ccc(NC(=O)N3CCOC(CN(C)CC(=O)O)C3)cc2c1C. The number of aliphatic carboxylic acids is 1. The van der Waals surface area contributed by atoms with Crippen molar-refractivity contribution in [3.05, 3.63) is 29.5 Å². The van der Waals surface area contributed by atoms with Crippen LogP contribution < -0.4 is 5.32 Å². The maximum Gasteiger partial charge on any atom is 0.322 e. The molecule has 1 aromatic heterocycles. The highest BCUT2D eigenvalue weighted by Gasteiger charge is 2.25. The van der Waals surface area contributed by atoms with E-state index in [1.807, 2.05) is 32.0 Å². The molecule has 1 aliphatic heterocycles. The number of amides is 2. The van der Waals surface area contributed by atoms with Gasteiger partial charge in [0.2, 0.25) is 0 Å². The third-order valence-corrected chi connectivity index (χ3v) is 4.77. The number of nitrogens with one attached hydrogen (secondary N) is 1. The lowest BCUT2D eigenvalue weighted by Gasteiger charge is -2.34. The average Bonchev–Trinajstić information content (AvgIpc) is 2.89. The average molecular weight is 375 g/mol. The number of carbonyl (C=O) groups is 2. The maximum absolute atomic E-state index is 12.6. The molecule has 0 radical (unpaired) electrons. The van der Waals surface area contributed by atoms with Crippen molar-refractivity contribution in [2.45, 2.75) is 20.0 Å². The Morgan fingerprint density at radius 3 is 2.89 bits per heavy atom. The summed E-state index contributed by atoms with van der Waals surface area (Å²) < 4.78 is 11.3. The number of likely N-dealkylation sites (N-methyl/N-ethyl adjacent to an activating group) is 1. The van der Waals surface area contributed by atoms with Crippen LogP contribution in [0.2, 0.25) is 0 Å². The highest BCUT2D eigenvalue weighted by molar-refractivity contribution is 5.93. The first kappa shape index (κ1) is 19.2. The van der Waals surface area contributed by atoms with Gasteiger partial charge in [-0.05, 0) is 44.7 Å². The summed E-state index contributed by atoms with van der Waals surface area (Å²) in [6.07, 6.45) is -0.213. The Labute approximate surface area is 157 Å². The Kier molecular flexibility index (Phi) is 5.67. The molecule has 2 N–H and O–H groups in total. The molecule has 1 unspecified atom stereocenters. The predicted octanol–water partition coefficient (Wildman–Crippen LogP) is 2.30. The van der Waals surface area contributed by atoms with Gasteiger partial charge in [-0.2, -0.15) is 0 Å². The normalized spacial score (nSPS) is 17.5. The molecule has 2 heterocycles. The Morgan fingerprint density at radius 1 is 1.37 bits per heavy atom.